The maximum Gasteiger partial charge on any atom is 0.267 e. The first kappa shape index (κ1) is 19.5. The maximum atomic E-state index is 13.5. The normalized spacial score (nSPS) is 13.5. The van der Waals surface area contributed by atoms with Crippen molar-refractivity contribution >= 4 is 50.8 Å². The lowest BCUT2D eigenvalue weighted by molar-refractivity contribution is -0.125. The molecule has 5 nitrogen and oxygen atoms in total. The van der Waals surface area contributed by atoms with Gasteiger partial charge in [0.1, 0.15) is 4.83 Å². The van der Waals surface area contributed by atoms with Crippen LogP contribution in [0.15, 0.2) is 34.2 Å². The fraction of sp³-hybridized carbons (Fsp3) is 0.350. The van der Waals surface area contributed by atoms with Crippen molar-refractivity contribution in [1.82, 2.24) is 14.5 Å². The van der Waals surface area contributed by atoms with Crippen LogP contribution in [0.1, 0.15) is 23.3 Å². The molecule has 0 saturated heterocycles. The summed E-state index contributed by atoms with van der Waals surface area (Å²) in [5.74, 6) is 0.205. The number of nitrogens with zero attached hydrogens (tertiary/aromatic N) is 3. The summed E-state index contributed by atoms with van der Waals surface area (Å²) in [5, 5.41) is 1.88. The summed E-state index contributed by atoms with van der Waals surface area (Å²) in [6.07, 6.45) is 4.20. The van der Waals surface area contributed by atoms with Crippen LogP contribution >= 0.6 is 34.7 Å². The van der Waals surface area contributed by atoms with Gasteiger partial charge in [0.2, 0.25) is 5.91 Å². The van der Waals surface area contributed by atoms with E-state index < -0.39 is 0 Å². The number of aromatic nitrogens is 2. The zero-order chi connectivity index (χ0) is 19.8. The van der Waals surface area contributed by atoms with Crippen LogP contribution in [0.5, 0.6) is 0 Å². The van der Waals surface area contributed by atoms with E-state index in [1.807, 2.05) is 12.1 Å². The highest BCUT2D eigenvalue weighted by Gasteiger charge is 2.23. The largest absolute Gasteiger partial charge is 0.348 e. The van der Waals surface area contributed by atoms with Gasteiger partial charge in [0.25, 0.3) is 5.56 Å². The minimum atomic E-state index is -0.0634. The predicted octanol–water partition coefficient (Wildman–Crippen LogP) is 4.16. The minimum Gasteiger partial charge on any atom is -0.348 e. The Morgan fingerprint density at radius 3 is 2.68 bits per heavy atom. The molecule has 8 heteroatoms. The van der Waals surface area contributed by atoms with E-state index in [-0.39, 0.29) is 17.2 Å². The number of rotatable bonds is 4. The van der Waals surface area contributed by atoms with Crippen LogP contribution < -0.4 is 5.56 Å². The van der Waals surface area contributed by atoms with Crippen molar-refractivity contribution in [3.05, 3.63) is 50.1 Å². The van der Waals surface area contributed by atoms with Gasteiger partial charge in [-0.05, 0) is 55.5 Å². The molecule has 0 fully saturated rings. The predicted molar refractivity (Wildman–Crippen MR) is 116 cm³/mol. The number of thiophene rings is 1. The third-order valence-corrected chi connectivity index (χ3v) is 7.23. The number of hydrogen-bond acceptors (Lipinski definition) is 5. The van der Waals surface area contributed by atoms with E-state index in [0.717, 1.165) is 41.5 Å². The van der Waals surface area contributed by atoms with E-state index in [1.165, 1.54) is 16.6 Å². The number of aryl methyl sites for hydroxylation is 2. The van der Waals surface area contributed by atoms with Crippen LogP contribution in [0.3, 0.4) is 0 Å². The number of halogens is 1. The number of carbonyl (C=O) groups is 1. The van der Waals surface area contributed by atoms with Crippen molar-refractivity contribution in [2.45, 2.75) is 30.8 Å². The van der Waals surface area contributed by atoms with Gasteiger partial charge in [0, 0.05) is 24.0 Å². The van der Waals surface area contributed by atoms with Crippen LogP contribution in [0.4, 0.5) is 0 Å². The smallest absolute Gasteiger partial charge is 0.267 e. The van der Waals surface area contributed by atoms with E-state index in [1.54, 1.807) is 47.0 Å². The van der Waals surface area contributed by atoms with E-state index >= 15 is 0 Å². The van der Waals surface area contributed by atoms with E-state index in [4.69, 9.17) is 16.6 Å². The molecule has 2 aromatic heterocycles. The molecule has 28 heavy (non-hydrogen) atoms. The van der Waals surface area contributed by atoms with E-state index in [9.17, 15) is 9.59 Å². The Morgan fingerprint density at radius 1 is 1.25 bits per heavy atom. The summed E-state index contributed by atoms with van der Waals surface area (Å²) in [5.41, 5.74) is 1.80. The zero-order valence-corrected chi connectivity index (χ0v) is 18.1. The van der Waals surface area contributed by atoms with Crippen LogP contribution in [-0.4, -0.2) is 40.2 Å². The second-order valence-electron chi connectivity index (χ2n) is 6.98. The molecule has 0 unspecified atom stereocenters. The molecule has 0 bridgehead atoms. The van der Waals surface area contributed by atoms with Crippen LogP contribution in [0.2, 0.25) is 5.02 Å². The SMILES string of the molecule is CN(C)C(=O)CSc1nc2sc3c(c2c(=O)n1-c1ccc(Cl)cc1)CCCC3. The summed E-state index contributed by atoms with van der Waals surface area (Å²) in [7, 11) is 3.44. The van der Waals surface area contributed by atoms with Gasteiger partial charge in [-0.1, -0.05) is 23.4 Å². The molecule has 3 aromatic rings. The lowest BCUT2D eigenvalue weighted by Crippen LogP contribution is -2.25. The molecule has 146 valence electrons. The number of amides is 1. The average Bonchev–Trinajstić information content (AvgIpc) is 3.05. The summed E-state index contributed by atoms with van der Waals surface area (Å²) in [6.45, 7) is 0. The molecule has 0 atom stereocenters. The zero-order valence-electron chi connectivity index (χ0n) is 15.7. The molecule has 0 radical (unpaired) electrons. The molecule has 1 aliphatic rings. The lowest BCUT2D eigenvalue weighted by Gasteiger charge is -2.14. The molecule has 0 saturated carbocycles. The van der Waals surface area contributed by atoms with E-state index in [0.29, 0.717) is 15.9 Å². The van der Waals surface area contributed by atoms with Gasteiger partial charge in [-0.3, -0.25) is 14.2 Å². The number of fused-ring (bicyclic) bond motifs is 3. The standard InChI is InChI=1S/C20H20ClN3O2S2/c1-23(2)16(25)11-27-20-22-18-17(14-5-3-4-6-15(14)28-18)19(26)24(20)13-9-7-12(21)8-10-13/h7-10H,3-6,11H2,1-2H3. The molecule has 1 amide bonds. The number of hydrogen-bond donors (Lipinski definition) is 0. The lowest BCUT2D eigenvalue weighted by atomic mass is 9.97. The van der Waals surface area contributed by atoms with Crippen molar-refractivity contribution < 1.29 is 4.79 Å². The summed E-state index contributed by atoms with van der Waals surface area (Å²) in [4.78, 5) is 34.0. The second-order valence-corrected chi connectivity index (χ2v) is 9.44. The Kier molecular flexibility index (Phi) is 5.49. The molecule has 0 aliphatic heterocycles. The summed E-state index contributed by atoms with van der Waals surface area (Å²) >= 11 is 8.94. The number of benzene rings is 1. The molecule has 4 rings (SSSR count). The Balaban J connectivity index is 1.90. The fourth-order valence-corrected chi connectivity index (χ4v) is 5.78. The highest BCUT2D eigenvalue weighted by atomic mass is 35.5. The molecule has 2 heterocycles. The van der Waals surface area contributed by atoms with Crippen LogP contribution in [-0.2, 0) is 17.6 Å². The summed E-state index contributed by atoms with van der Waals surface area (Å²) < 4.78 is 1.62. The average molecular weight is 434 g/mol. The van der Waals surface area contributed by atoms with Crippen molar-refractivity contribution in [3.8, 4) is 5.69 Å². The molecule has 1 aliphatic carbocycles. The van der Waals surface area contributed by atoms with Crippen LogP contribution in [0, 0.1) is 0 Å². The van der Waals surface area contributed by atoms with Gasteiger partial charge in [-0.15, -0.1) is 11.3 Å². The molecule has 1 aromatic carbocycles. The van der Waals surface area contributed by atoms with Crippen molar-refractivity contribution in [3.63, 3.8) is 0 Å². The maximum absolute atomic E-state index is 13.5. The monoisotopic (exact) mass is 433 g/mol. The molecule has 0 N–H and O–H groups in total. The Hall–Kier alpha value is -1.83. The Labute approximate surface area is 176 Å². The third-order valence-electron chi connectivity index (χ3n) is 4.87. The first-order chi connectivity index (χ1) is 13.5. The number of thioether (sulfide) groups is 1. The third kappa shape index (κ3) is 3.58. The molecule has 0 spiro atoms. The van der Waals surface area contributed by atoms with Gasteiger partial charge in [-0.25, -0.2) is 4.98 Å². The highest BCUT2D eigenvalue weighted by Crippen LogP contribution is 2.35. The quantitative estimate of drug-likeness (QED) is 0.458. The summed E-state index contributed by atoms with van der Waals surface area (Å²) in [6, 6.07) is 7.15. The van der Waals surface area contributed by atoms with Gasteiger partial charge in [-0.2, -0.15) is 0 Å². The Morgan fingerprint density at radius 2 is 1.96 bits per heavy atom. The molecular weight excluding hydrogens is 414 g/mol. The fourth-order valence-electron chi connectivity index (χ4n) is 3.36. The Bertz CT molecular complexity index is 1100. The van der Waals surface area contributed by atoms with Gasteiger partial charge < -0.3 is 4.90 Å². The molecular formula is C20H20ClN3O2S2. The topological polar surface area (TPSA) is 55.2 Å². The number of carbonyl (C=O) groups excluding carboxylic acids is 1. The van der Waals surface area contributed by atoms with Crippen molar-refractivity contribution in [2.75, 3.05) is 19.8 Å². The first-order valence-corrected chi connectivity index (χ1v) is 11.3. The van der Waals surface area contributed by atoms with E-state index in [2.05, 4.69) is 0 Å². The van der Waals surface area contributed by atoms with Gasteiger partial charge >= 0.3 is 0 Å². The van der Waals surface area contributed by atoms with Gasteiger partial charge in [0.05, 0.1) is 16.8 Å². The van der Waals surface area contributed by atoms with Crippen molar-refractivity contribution in [1.29, 1.82) is 0 Å². The second kappa shape index (κ2) is 7.89. The first-order valence-electron chi connectivity index (χ1n) is 9.12. The van der Waals surface area contributed by atoms with Crippen molar-refractivity contribution in [2.24, 2.45) is 0 Å². The van der Waals surface area contributed by atoms with Gasteiger partial charge in [0.15, 0.2) is 5.16 Å². The van der Waals surface area contributed by atoms with Crippen LogP contribution in [0.25, 0.3) is 15.9 Å². The minimum absolute atomic E-state index is 0.0209. The highest BCUT2D eigenvalue weighted by molar-refractivity contribution is 7.99.